The molecule has 1 heterocycles. The van der Waals surface area contributed by atoms with Gasteiger partial charge in [0.05, 0.1) is 0 Å². The molecule has 0 unspecified atom stereocenters. The lowest BCUT2D eigenvalue weighted by atomic mass is 10.1. The van der Waals surface area contributed by atoms with Gasteiger partial charge in [-0.2, -0.15) is 0 Å². The highest BCUT2D eigenvalue weighted by molar-refractivity contribution is 6.30. The number of halogens is 1. The quantitative estimate of drug-likeness (QED) is 0.630. The number of carbonyl (C=O) groups excluding carboxylic acids is 2. The third kappa shape index (κ3) is 4.89. The molecule has 3 rings (SSSR count). The summed E-state index contributed by atoms with van der Waals surface area (Å²) in [6.07, 6.45) is 0. The molecule has 0 fully saturated rings. The van der Waals surface area contributed by atoms with Gasteiger partial charge in [0.2, 0.25) is 0 Å². The number of rotatable bonds is 5. The molecule has 6 nitrogen and oxygen atoms in total. The van der Waals surface area contributed by atoms with Gasteiger partial charge >= 0.3 is 0 Å². The number of nitrogens with one attached hydrogen (secondary N) is 2. The third-order valence-corrected chi connectivity index (χ3v) is 3.99. The van der Waals surface area contributed by atoms with Crippen molar-refractivity contribution in [3.05, 3.63) is 76.7 Å². The minimum absolute atomic E-state index is 0.000544. The van der Waals surface area contributed by atoms with E-state index in [9.17, 15) is 9.59 Å². The van der Waals surface area contributed by atoms with E-state index in [-0.39, 0.29) is 17.4 Å². The Morgan fingerprint density at radius 2 is 1.56 bits per heavy atom. The summed E-state index contributed by atoms with van der Waals surface area (Å²) in [6.45, 7) is 3.23. The highest BCUT2D eigenvalue weighted by Gasteiger charge is 2.11. The Kier molecular flexibility index (Phi) is 5.47. The van der Waals surface area contributed by atoms with Crippen molar-refractivity contribution >= 4 is 40.5 Å². The number of amides is 1. The van der Waals surface area contributed by atoms with E-state index >= 15 is 0 Å². The van der Waals surface area contributed by atoms with Crippen molar-refractivity contribution in [2.45, 2.75) is 13.8 Å². The zero-order valence-corrected chi connectivity index (χ0v) is 15.5. The van der Waals surface area contributed by atoms with Gasteiger partial charge in [0.1, 0.15) is 17.3 Å². The van der Waals surface area contributed by atoms with Gasteiger partial charge in [-0.15, -0.1) is 0 Å². The number of anilines is 3. The number of carbonyl (C=O) groups is 2. The first-order chi connectivity index (χ1) is 12.9. The zero-order chi connectivity index (χ0) is 19.4. The molecule has 0 aliphatic rings. The normalized spacial score (nSPS) is 10.3. The van der Waals surface area contributed by atoms with Gasteiger partial charge in [0.25, 0.3) is 5.91 Å². The highest BCUT2D eigenvalue weighted by atomic mass is 35.5. The molecule has 3 aromatic rings. The van der Waals surface area contributed by atoms with Gasteiger partial charge in [-0.3, -0.25) is 9.59 Å². The fourth-order valence-electron chi connectivity index (χ4n) is 2.41. The lowest BCUT2D eigenvalue weighted by Gasteiger charge is -2.10. The van der Waals surface area contributed by atoms with E-state index in [0.29, 0.717) is 27.9 Å². The number of hydrogen-bond donors (Lipinski definition) is 2. The van der Waals surface area contributed by atoms with Gasteiger partial charge in [-0.1, -0.05) is 11.6 Å². The fraction of sp³-hybridized carbons (Fsp3) is 0.100. The van der Waals surface area contributed by atoms with Gasteiger partial charge in [0, 0.05) is 28.0 Å². The molecule has 7 heteroatoms. The largest absolute Gasteiger partial charge is 0.340 e. The van der Waals surface area contributed by atoms with Crippen molar-refractivity contribution < 1.29 is 9.59 Å². The Morgan fingerprint density at radius 3 is 2.19 bits per heavy atom. The molecule has 1 amide bonds. The molecule has 1 aromatic heterocycles. The molecule has 0 atom stereocenters. The summed E-state index contributed by atoms with van der Waals surface area (Å²) in [7, 11) is 0. The average molecular weight is 381 g/mol. The maximum absolute atomic E-state index is 12.5. The maximum atomic E-state index is 12.5. The highest BCUT2D eigenvalue weighted by Crippen LogP contribution is 2.18. The lowest BCUT2D eigenvalue weighted by molar-refractivity contribution is 0.101. The Balaban J connectivity index is 1.78. The van der Waals surface area contributed by atoms with Crippen molar-refractivity contribution in [3.8, 4) is 0 Å². The number of hydrogen-bond acceptors (Lipinski definition) is 5. The molecule has 136 valence electrons. The van der Waals surface area contributed by atoms with Crippen LogP contribution in [0.1, 0.15) is 33.6 Å². The number of aryl methyl sites for hydroxylation is 1. The third-order valence-electron chi connectivity index (χ3n) is 3.74. The van der Waals surface area contributed by atoms with Crippen molar-refractivity contribution in [3.63, 3.8) is 0 Å². The van der Waals surface area contributed by atoms with E-state index in [4.69, 9.17) is 11.6 Å². The number of nitrogens with zero attached hydrogens (tertiary/aromatic N) is 2. The zero-order valence-electron chi connectivity index (χ0n) is 14.8. The Labute approximate surface area is 161 Å². The van der Waals surface area contributed by atoms with Crippen molar-refractivity contribution in [1.82, 2.24) is 9.97 Å². The predicted molar refractivity (Wildman–Crippen MR) is 106 cm³/mol. The van der Waals surface area contributed by atoms with Crippen LogP contribution in [0.2, 0.25) is 5.02 Å². The van der Waals surface area contributed by atoms with Crippen LogP contribution in [0.4, 0.5) is 17.2 Å². The summed E-state index contributed by atoms with van der Waals surface area (Å²) >= 11 is 5.85. The Morgan fingerprint density at radius 1 is 0.926 bits per heavy atom. The van der Waals surface area contributed by atoms with Crippen LogP contribution < -0.4 is 10.6 Å². The summed E-state index contributed by atoms with van der Waals surface area (Å²) in [6, 6.07) is 15.4. The van der Waals surface area contributed by atoms with E-state index in [0.717, 1.165) is 5.69 Å². The van der Waals surface area contributed by atoms with Crippen LogP contribution >= 0.6 is 11.6 Å². The number of Topliss-reactive ketones (excluding diaryl/α,β-unsaturated/α-hetero) is 1. The SMILES string of the molecule is CC(=O)c1ccc(Nc2cc(C(=O)Nc3ccc(Cl)cc3)nc(C)n2)cc1. The van der Waals surface area contributed by atoms with E-state index in [1.807, 2.05) is 0 Å². The first-order valence-electron chi connectivity index (χ1n) is 8.21. The van der Waals surface area contributed by atoms with Crippen LogP contribution in [0.3, 0.4) is 0 Å². The van der Waals surface area contributed by atoms with Crippen LogP contribution in [0.25, 0.3) is 0 Å². The lowest BCUT2D eigenvalue weighted by Crippen LogP contribution is -2.15. The van der Waals surface area contributed by atoms with Crippen molar-refractivity contribution in [1.29, 1.82) is 0 Å². The average Bonchev–Trinajstić information content (AvgIpc) is 2.63. The monoisotopic (exact) mass is 380 g/mol. The summed E-state index contributed by atoms with van der Waals surface area (Å²) in [5.74, 6) is 0.597. The molecule has 2 N–H and O–H groups in total. The molecule has 2 aromatic carbocycles. The van der Waals surface area contributed by atoms with Gasteiger partial charge in [-0.25, -0.2) is 9.97 Å². The van der Waals surface area contributed by atoms with Crippen LogP contribution in [0, 0.1) is 6.92 Å². The number of ketones is 1. The molecule has 0 bridgehead atoms. The van der Waals surface area contributed by atoms with Gasteiger partial charge in [0.15, 0.2) is 5.78 Å². The summed E-state index contributed by atoms with van der Waals surface area (Å²) in [5.41, 5.74) is 2.24. The van der Waals surface area contributed by atoms with Crippen LogP contribution in [-0.4, -0.2) is 21.7 Å². The van der Waals surface area contributed by atoms with Crippen LogP contribution in [0.15, 0.2) is 54.6 Å². The summed E-state index contributed by atoms with van der Waals surface area (Å²) in [4.78, 5) is 32.3. The standard InChI is InChI=1S/C20H17ClN4O2/c1-12(26)14-3-7-16(8-4-14)24-19-11-18(22-13(2)23-19)20(27)25-17-9-5-15(21)6-10-17/h3-11H,1-2H3,(H,25,27)(H,22,23,24). The van der Waals surface area contributed by atoms with Crippen LogP contribution in [0.5, 0.6) is 0 Å². The number of aromatic nitrogens is 2. The molecule has 0 saturated carbocycles. The first-order valence-corrected chi connectivity index (χ1v) is 8.59. The van der Waals surface area contributed by atoms with E-state index < -0.39 is 0 Å². The molecule has 0 saturated heterocycles. The molecule has 0 aliphatic carbocycles. The molecular formula is C20H17ClN4O2. The molecule has 0 radical (unpaired) electrons. The smallest absolute Gasteiger partial charge is 0.274 e. The minimum Gasteiger partial charge on any atom is -0.340 e. The van der Waals surface area contributed by atoms with Gasteiger partial charge < -0.3 is 10.6 Å². The second-order valence-electron chi connectivity index (χ2n) is 5.91. The van der Waals surface area contributed by atoms with Crippen molar-refractivity contribution in [2.24, 2.45) is 0 Å². The second-order valence-corrected chi connectivity index (χ2v) is 6.34. The molecule has 0 spiro atoms. The van der Waals surface area contributed by atoms with E-state index in [2.05, 4.69) is 20.6 Å². The molecular weight excluding hydrogens is 364 g/mol. The topological polar surface area (TPSA) is 84.0 Å². The predicted octanol–water partition coefficient (Wildman–Crippen LogP) is 4.64. The minimum atomic E-state index is -0.349. The first kappa shape index (κ1) is 18.5. The fourth-order valence-corrected chi connectivity index (χ4v) is 2.54. The molecule has 27 heavy (non-hydrogen) atoms. The Hall–Kier alpha value is -3.25. The van der Waals surface area contributed by atoms with Crippen molar-refractivity contribution in [2.75, 3.05) is 10.6 Å². The number of benzene rings is 2. The summed E-state index contributed by atoms with van der Waals surface area (Å²) < 4.78 is 0. The maximum Gasteiger partial charge on any atom is 0.274 e. The molecule has 0 aliphatic heterocycles. The van der Waals surface area contributed by atoms with E-state index in [1.54, 1.807) is 61.5 Å². The summed E-state index contributed by atoms with van der Waals surface area (Å²) in [5, 5.41) is 6.48. The van der Waals surface area contributed by atoms with Crippen LogP contribution in [-0.2, 0) is 0 Å². The second kappa shape index (κ2) is 7.97. The van der Waals surface area contributed by atoms with E-state index in [1.165, 1.54) is 6.92 Å². The van der Waals surface area contributed by atoms with Gasteiger partial charge in [-0.05, 0) is 62.4 Å². The Bertz CT molecular complexity index is 986.